The molecule has 1 saturated carbocycles. The largest absolute Gasteiger partial charge is 0.302 e. The first-order chi connectivity index (χ1) is 9.10. The van der Waals surface area contributed by atoms with E-state index >= 15 is 0 Å². The van der Waals surface area contributed by atoms with Gasteiger partial charge in [-0.05, 0) is 71.4 Å². The SMILES string of the molecule is CC1CCC(C(NN)C2=CCCCC2)(N(C)C)CC1. The number of nitrogens with zero attached hydrogens (tertiary/aromatic N) is 1. The predicted molar refractivity (Wildman–Crippen MR) is 81.7 cm³/mol. The molecule has 0 spiro atoms. The second kappa shape index (κ2) is 6.38. The average molecular weight is 265 g/mol. The van der Waals surface area contributed by atoms with E-state index in [1.807, 2.05) is 0 Å². The van der Waals surface area contributed by atoms with Crippen molar-refractivity contribution in [3.63, 3.8) is 0 Å². The molecule has 0 aromatic rings. The molecule has 0 bridgehead atoms. The Labute approximate surface area is 118 Å². The number of hydrogen-bond donors (Lipinski definition) is 2. The van der Waals surface area contributed by atoms with Crippen LogP contribution in [-0.4, -0.2) is 30.6 Å². The molecule has 0 saturated heterocycles. The van der Waals surface area contributed by atoms with Crippen molar-refractivity contribution in [1.82, 2.24) is 10.3 Å². The summed E-state index contributed by atoms with van der Waals surface area (Å²) in [5.74, 6) is 6.84. The van der Waals surface area contributed by atoms with Crippen LogP contribution in [0.15, 0.2) is 11.6 Å². The van der Waals surface area contributed by atoms with Crippen molar-refractivity contribution in [3.8, 4) is 0 Å². The molecule has 2 aliphatic carbocycles. The zero-order valence-electron chi connectivity index (χ0n) is 12.9. The molecule has 0 radical (unpaired) electrons. The van der Waals surface area contributed by atoms with Crippen molar-refractivity contribution in [3.05, 3.63) is 11.6 Å². The third-order valence-corrected chi connectivity index (χ3v) is 5.43. The molecule has 0 aromatic carbocycles. The number of hydrogen-bond acceptors (Lipinski definition) is 3. The lowest BCUT2D eigenvalue weighted by atomic mass is 9.69. The molecular weight excluding hydrogens is 234 g/mol. The van der Waals surface area contributed by atoms with Gasteiger partial charge < -0.3 is 4.90 Å². The molecule has 19 heavy (non-hydrogen) atoms. The number of nitrogens with two attached hydrogens (primary N) is 1. The number of hydrazine groups is 1. The summed E-state index contributed by atoms with van der Waals surface area (Å²) in [4.78, 5) is 2.43. The summed E-state index contributed by atoms with van der Waals surface area (Å²) in [5.41, 5.74) is 4.93. The Bertz CT molecular complexity index is 314. The van der Waals surface area contributed by atoms with Crippen molar-refractivity contribution < 1.29 is 0 Å². The molecule has 1 unspecified atom stereocenters. The fraction of sp³-hybridized carbons (Fsp3) is 0.875. The van der Waals surface area contributed by atoms with E-state index in [0.29, 0.717) is 6.04 Å². The maximum Gasteiger partial charge on any atom is 0.0603 e. The minimum absolute atomic E-state index is 0.213. The Kier molecular flexibility index (Phi) is 5.04. The molecule has 3 N–H and O–H groups in total. The number of allylic oxidation sites excluding steroid dienone is 1. The monoisotopic (exact) mass is 265 g/mol. The van der Waals surface area contributed by atoms with Gasteiger partial charge >= 0.3 is 0 Å². The number of nitrogens with one attached hydrogen (secondary N) is 1. The van der Waals surface area contributed by atoms with Crippen LogP contribution < -0.4 is 11.3 Å². The van der Waals surface area contributed by atoms with Crippen LogP contribution in [0, 0.1) is 5.92 Å². The summed E-state index contributed by atoms with van der Waals surface area (Å²) in [6.45, 7) is 2.38. The van der Waals surface area contributed by atoms with Gasteiger partial charge in [-0.1, -0.05) is 18.6 Å². The summed E-state index contributed by atoms with van der Waals surface area (Å²) in [5, 5.41) is 0. The first-order valence-corrected chi connectivity index (χ1v) is 7.92. The minimum Gasteiger partial charge on any atom is -0.302 e. The fourth-order valence-corrected chi connectivity index (χ4v) is 3.99. The van der Waals surface area contributed by atoms with Crippen LogP contribution >= 0.6 is 0 Å². The lowest BCUT2D eigenvalue weighted by Gasteiger charge is -2.50. The Hall–Kier alpha value is -0.380. The van der Waals surface area contributed by atoms with Crippen LogP contribution in [-0.2, 0) is 0 Å². The van der Waals surface area contributed by atoms with Gasteiger partial charge in [-0.15, -0.1) is 0 Å². The maximum atomic E-state index is 5.97. The van der Waals surface area contributed by atoms with E-state index in [1.165, 1.54) is 51.4 Å². The first-order valence-electron chi connectivity index (χ1n) is 7.92. The van der Waals surface area contributed by atoms with Crippen LogP contribution in [0.1, 0.15) is 58.3 Å². The van der Waals surface area contributed by atoms with E-state index < -0.39 is 0 Å². The second-order valence-corrected chi connectivity index (χ2v) is 6.81. The molecule has 2 rings (SSSR count). The number of rotatable bonds is 4. The zero-order chi connectivity index (χ0) is 13.9. The summed E-state index contributed by atoms with van der Waals surface area (Å²) in [6, 6.07) is 0.329. The van der Waals surface area contributed by atoms with Crippen molar-refractivity contribution in [2.45, 2.75) is 69.9 Å². The van der Waals surface area contributed by atoms with Crippen LogP contribution in [0.25, 0.3) is 0 Å². The Morgan fingerprint density at radius 3 is 2.47 bits per heavy atom. The van der Waals surface area contributed by atoms with E-state index in [9.17, 15) is 0 Å². The zero-order valence-corrected chi connectivity index (χ0v) is 12.9. The summed E-state index contributed by atoms with van der Waals surface area (Å²) in [6.07, 6.45) is 12.7. The van der Waals surface area contributed by atoms with Gasteiger partial charge in [-0.3, -0.25) is 11.3 Å². The summed E-state index contributed by atoms with van der Waals surface area (Å²) < 4.78 is 0. The lowest BCUT2D eigenvalue weighted by molar-refractivity contribution is 0.0537. The predicted octanol–water partition coefficient (Wildman–Crippen LogP) is 2.83. The molecule has 1 fully saturated rings. The highest BCUT2D eigenvalue weighted by Gasteiger charge is 2.44. The van der Waals surface area contributed by atoms with Gasteiger partial charge in [0.1, 0.15) is 0 Å². The molecule has 1 atom stereocenters. The van der Waals surface area contributed by atoms with Gasteiger partial charge in [0, 0.05) is 5.54 Å². The molecule has 3 nitrogen and oxygen atoms in total. The highest BCUT2D eigenvalue weighted by molar-refractivity contribution is 5.21. The highest BCUT2D eigenvalue weighted by atomic mass is 15.3. The smallest absolute Gasteiger partial charge is 0.0603 e. The maximum absolute atomic E-state index is 5.97. The normalized spacial score (nSPS) is 34.2. The molecule has 0 aliphatic heterocycles. The van der Waals surface area contributed by atoms with Gasteiger partial charge in [0.15, 0.2) is 0 Å². The fourth-order valence-electron chi connectivity index (χ4n) is 3.99. The molecule has 0 aromatic heterocycles. The Morgan fingerprint density at radius 1 is 1.32 bits per heavy atom. The Balaban J connectivity index is 2.23. The molecule has 2 aliphatic rings. The molecule has 0 amide bonds. The molecule has 0 heterocycles. The summed E-state index contributed by atoms with van der Waals surface area (Å²) in [7, 11) is 4.45. The van der Waals surface area contributed by atoms with E-state index in [-0.39, 0.29) is 5.54 Å². The van der Waals surface area contributed by atoms with Gasteiger partial charge in [-0.2, -0.15) is 0 Å². The van der Waals surface area contributed by atoms with Crippen LogP contribution in [0.4, 0.5) is 0 Å². The van der Waals surface area contributed by atoms with Gasteiger partial charge in [0.25, 0.3) is 0 Å². The number of likely N-dealkylation sites (N-methyl/N-ethyl adjacent to an activating group) is 1. The molecule has 110 valence electrons. The van der Waals surface area contributed by atoms with Gasteiger partial charge in [-0.25, -0.2) is 0 Å². The first kappa shape index (κ1) is 15.0. The van der Waals surface area contributed by atoms with Crippen molar-refractivity contribution in [2.75, 3.05) is 14.1 Å². The van der Waals surface area contributed by atoms with Crippen molar-refractivity contribution in [2.24, 2.45) is 11.8 Å². The van der Waals surface area contributed by atoms with Crippen LogP contribution in [0.3, 0.4) is 0 Å². The standard InChI is InChI=1S/C16H31N3/c1-13-9-11-16(12-10-13,19(2)3)15(18-17)14-7-5-4-6-8-14/h7,13,15,18H,4-6,8-12,17H2,1-3H3. The van der Waals surface area contributed by atoms with Crippen molar-refractivity contribution in [1.29, 1.82) is 0 Å². The molecule has 3 heteroatoms. The minimum atomic E-state index is 0.213. The molecular formula is C16H31N3. The average Bonchev–Trinajstić information content (AvgIpc) is 2.43. The van der Waals surface area contributed by atoms with Crippen LogP contribution in [0.5, 0.6) is 0 Å². The third kappa shape index (κ3) is 3.04. The van der Waals surface area contributed by atoms with Gasteiger partial charge in [0.2, 0.25) is 0 Å². The lowest BCUT2D eigenvalue weighted by Crippen LogP contribution is -2.62. The van der Waals surface area contributed by atoms with E-state index in [1.54, 1.807) is 5.57 Å². The van der Waals surface area contributed by atoms with Crippen molar-refractivity contribution >= 4 is 0 Å². The van der Waals surface area contributed by atoms with E-state index in [2.05, 4.69) is 37.4 Å². The highest BCUT2D eigenvalue weighted by Crippen LogP contribution is 2.41. The van der Waals surface area contributed by atoms with E-state index in [4.69, 9.17) is 5.84 Å². The third-order valence-electron chi connectivity index (χ3n) is 5.43. The van der Waals surface area contributed by atoms with E-state index in [0.717, 1.165) is 5.92 Å². The quantitative estimate of drug-likeness (QED) is 0.466. The second-order valence-electron chi connectivity index (χ2n) is 6.81. The Morgan fingerprint density at radius 2 is 2.00 bits per heavy atom. The topological polar surface area (TPSA) is 41.3 Å². The summed E-state index contributed by atoms with van der Waals surface area (Å²) >= 11 is 0. The van der Waals surface area contributed by atoms with Gasteiger partial charge in [0.05, 0.1) is 6.04 Å². The van der Waals surface area contributed by atoms with Crippen LogP contribution in [0.2, 0.25) is 0 Å².